The Morgan fingerprint density at radius 1 is 1.14 bits per heavy atom. The van der Waals surface area contributed by atoms with Gasteiger partial charge in [0.15, 0.2) is 11.6 Å². The lowest BCUT2D eigenvalue weighted by atomic mass is 10.3. The number of alkyl halides is 3. The minimum absolute atomic E-state index is 0.228. The summed E-state index contributed by atoms with van der Waals surface area (Å²) < 4.78 is 71.7. The van der Waals surface area contributed by atoms with Crippen LogP contribution < -0.4 is 0 Å². The van der Waals surface area contributed by atoms with Crippen molar-refractivity contribution in [3.05, 3.63) is 20.6 Å². The summed E-state index contributed by atoms with van der Waals surface area (Å²) in [5, 5.41) is 6.66. The van der Waals surface area contributed by atoms with Gasteiger partial charge >= 0.3 is 6.05 Å². The zero-order chi connectivity index (χ0) is 16.7. The summed E-state index contributed by atoms with van der Waals surface area (Å²) in [7, 11) is 0. The number of aromatic nitrogens is 3. The van der Waals surface area contributed by atoms with Gasteiger partial charge in [0.25, 0.3) is 6.36 Å². The lowest BCUT2D eigenvalue weighted by molar-refractivity contribution is -0.253. The Balaban J connectivity index is 2.54. The van der Waals surface area contributed by atoms with E-state index in [0.717, 1.165) is 0 Å². The van der Waals surface area contributed by atoms with Gasteiger partial charge < -0.3 is 4.74 Å². The first-order valence-corrected chi connectivity index (χ1v) is 7.53. The van der Waals surface area contributed by atoms with Crippen molar-refractivity contribution >= 4 is 42.9 Å². The number of hydrogen-bond donors (Lipinski definition) is 0. The number of benzene rings is 1. The summed E-state index contributed by atoms with van der Waals surface area (Å²) >= 11 is 5.41. The number of ether oxygens (including phenoxy) is 1. The molecule has 4 nitrogen and oxygen atoms in total. The van der Waals surface area contributed by atoms with Crippen molar-refractivity contribution in [3.8, 4) is 0 Å². The third kappa shape index (κ3) is 2.85. The molecule has 1 atom stereocenters. The average Bonchev–Trinajstić information content (AvgIpc) is 2.94. The Labute approximate surface area is 137 Å². The van der Waals surface area contributed by atoms with E-state index >= 15 is 0 Å². The molecule has 1 aromatic heterocycles. The molecule has 1 aromatic carbocycles. The molecule has 122 valence electrons. The third-order valence-corrected chi connectivity index (χ3v) is 4.06. The molecule has 0 radical (unpaired) electrons. The van der Waals surface area contributed by atoms with Crippen molar-refractivity contribution in [3.63, 3.8) is 0 Å². The quantitative estimate of drug-likeness (QED) is 0.381. The van der Waals surface area contributed by atoms with E-state index in [0.29, 0.717) is 6.42 Å². The van der Waals surface area contributed by atoms with E-state index in [1.807, 2.05) is 0 Å². The molecule has 0 saturated heterocycles. The van der Waals surface area contributed by atoms with Crippen LogP contribution in [0.15, 0.2) is 8.95 Å². The highest BCUT2D eigenvalue weighted by Gasteiger charge is 2.46. The lowest BCUT2D eigenvalue weighted by Crippen LogP contribution is -2.37. The lowest BCUT2D eigenvalue weighted by Gasteiger charge is -2.19. The summed E-state index contributed by atoms with van der Waals surface area (Å²) in [6.45, 7) is 1.39. The molecule has 2 rings (SSSR count). The van der Waals surface area contributed by atoms with Crippen LogP contribution in [0.3, 0.4) is 0 Å². The molecule has 0 N–H and O–H groups in total. The zero-order valence-electron chi connectivity index (χ0n) is 10.9. The van der Waals surface area contributed by atoms with E-state index in [4.69, 9.17) is 0 Å². The minimum atomic E-state index is -4.24. The van der Waals surface area contributed by atoms with E-state index in [1.165, 1.54) is 0 Å². The zero-order valence-corrected chi connectivity index (χ0v) is 14.1. The summed E-state index contributed by atoms with van der Waals surface area (Å²) in [6.07, 6.45) is -2.67. The standard InChI is InChI=1S/C11H8Br2F5N3O/c1-2-3-22-10(16)11(17,18)21-19-8-4(12)6(14)7(15)5(13)9(8)20-21/h10H,2-3H2,1H3. The topological polar surface area (TPSA) is 39.9 Å². The maximum Gasteiger partial charge on any atom is 0.414 e. The molecule has 0 aliphatic rings. The van der Waals surface area contributed by atoms with Crippen LogP contribution in [0.25, 0.3) is 11.0 Å². The van der Waals surface area contributed by atoms with E-state index in [1.54, 1.807) is 6.92 Å². The minimum Gasteiger partial charge on any atom is -0.342 e. The van der Waals surface area contributed by atoms with Gasteiger partial charge in [0.05, 0.1) is 15.6 Å². The summed E-state index contributed by atoms with van der Waals surface area (Å²) in [5.74, 6) is -2.65. The van der Waals surface area contributed by atoms with Crippen LogP contribution in [0.5, 0.6) is 0 Å². The number of rotatable bonds is 5. The van der Waals surface area contributed by atoms with Crippen LogP contribution in [0.1, 0.15) is 13.3 Å². The van der Waals surface area contributed by atoms with Crippen molar-refractivity contribution in [2.75, 3.05) is 6.61 Å². The van der Waals surface area contributed by atoms with Crippen LogP contribution in [0.4, 0.5) is 22.0 Å². The van der Waals surface area contributed by atoms with Gasteiger partial charge in [-0.3, -0.25) is 0 Å². The van der Waals surface area contributed by atoms with E-state index < -0.39 is 33.0 Å². The Morgan fingerprint density at radius 2 is 1.59 bits per heavy atom. The molecule has 22 heavy (non-hydrogen) atoms. The molecule has 0 fully saturated rings. The monoisotopic (exact) mass is 451 g/mol. The van der Waals surface area contributed by atoms with Gasteiger partial charge in [-0.15, -0.1) is 15.0 Å². The molecular weight excluding hydrogens is 445 g/mol. The highest BCUT2D eigenvalue weighted by atomic mass is 79.9. The van der Waals surface area contributed by atoms with Crippen molar-refractivity contribution < 1.29 is 26.7 Å². The molecule has 0 spiro atoms. The maximum atomic E-state index is 13.9. The predicted octanol–water partition coefficient (Wildman–Crippen LogP) is 4.51. The Hall–Kier alpha value is -0.810. The van der Waals surface area contributed by atoms with Crippen LogP contribution in [0.2, 0.25) is 0 Å². The fourth-order valence-corrected chi connectivity index (χ4v) is 2.43. The van der Waals surface area contributed by atoms with Crippen LogP contribution >= 0.6 is 31.9 Å². The molecule has 11 heteroatoms. The third-order valence-electron chi connectivity index (χ3n) is 2.62. The van der Waals surface area contributed by atoms with Crippen molar-refractivity contribution in [1.82, 2.24) is 15.0 Å². The second kappa shape index (κ2) is 6.36. The summed E-state index contributed by atoms with van der Waals surface area (Å²) in [5.41, 5.74) is -0.763. The highest BCUT2D eigenvalue weighted by Crippen LogP contribution is 2.36. The van der Waals surface area contributed by atoms with Gasteiger partial charge in [-0.05, 0) is 38.3 Å². The van der Waals surface area contributed by atoms with Crippen LogP contribution in [-0.2, 0) is 10.8 Å². The number of halogens is 7. The predicted molar refractivity (Wildman–Crippen MR) is 74.2 cm³/mol. The van der Waals surface area contributed by atoms with Crippen molar-refractivity contribution in [2.24, 2.45) is 0 Å². The van der Waals surface area contributed by atoms with Gasteiger partial charge in [0, 0.05) is 0 Å². The largest absolute Gasteiger partial charge is 0.414 e. The Bertz CT molecular complexity index is 664. The van der Waals surface area contributed by atoms with Gasteiger partial charge in [0.1, 0.15) is 11.0 Å². The Kier molecular flexibility index (Phi) is 5.07. The smallest absolute Gasteiger partial charge is 0.342 e. The molecule has 0 bridgehead atoms. The molecule has 0 saturated carbocycles. The number of hydrogen-bond acceptors (Lipinski definition) is 3. The first-order chi connectivity index (χ1) is 10.2. The van der Waals surface area contributed by atoms with Gasteiger partial charge in [-0.1, -0.05) is 6.92 Å². The highest BCUT2D eigenvalue weighted by molar-refractivity contribution is 9.11. The van der Waals surface area contributed by atoms with Gasteiger partial charge in [-0.2, -0.15) is 8.78 Å². The second-order valence-corrected chi connectivity index (χ2v) is 5.80. The SMILES string of the molecule is CCCOC(F)C(F)(F)n1nc2c(Br)c(F)c(F)c(Br)c2n1. The summed E-state index contributed by atoms with van der Waals surface area (Å²) in [4.78, 5) is -0.258. The average molecular weight is 453 g/mol. The first-order valence-electron chi connectivity index (χ1n) is 5.94. The fourth-order valence-electron chi connectivity index (χ4n) is 1.55. The maximum absolute atomic E-state index is 13.9. The Morgan fingerprint density at radius 3 is 2.00 bits per heavy atom. The van der Waals surface area contributed by atoms with Crippen molar-refractivity contribution in [1.29, 1.82) is 0 Å². The number of nitrogens with zero attached hydrogens (tertiary/aromatic N) is 3. The van der Waals surface area contributed by atoms with Gasteiger partial charge in [0.2, 0.25) is 0 Å². The normalized spacial score (nSPS) is 13.8. The van der Waals surface area contributed by atoms with Gasteiger partial charge in [-0.25, -0.2) is 13.2 Å². The number of fused-ring (bicyclic) bond motifs is 1. The summed E-state index contributed by atoms with van der Waals surface area (Å²) in [6, 6.07) is -4.24. The molecule has 0 aliphatic carbocycles. The second-order valence-electron chi connectivity index (χ2n) is 4.22. The van der Waals surface area contributed by atoms with E-state index in [2.05, 4.69) is 46.8 Å². The van der Waals surface area contributed by atoms with Crippen LogP contribution in [-0.4, -0.2) is 28.0 Å². The molecule has 0 amide bonds. The molecule has 0 aliphatic heterocycles. The molecule has 1 heterocycles. The first kappa shape index (κ1) is 17.5. The molecular formula is C11H8Br2F5N3O. The van der Waals surface area contributed by atoms with E-state index in [-0.39, 0.29) is 22.4 Å². The van der Waals surface area contributed by atoms with Crippen molar-refractivity contribution in [2.45, 2.75) is 25.7 Å². The fraction of sp³-hybridized carbons (Fsp3) is 0.455. The molecule has 2 aromatic rings. The molecule has 1 unspecified atom stereocenters. The van der Waals surface area contributed by atoms with Crippen LogP contribution in [0, 0.1) is 11.6 Å². The van der Waals surface area contributed by atoms with E-state index in [9.17, 15) is 22.0 Å².